The Balaban J connectivity index is 4.94. The summed E-state index contributed by atoms with van der Waals surface area (Å²) >= 11 is 4.15. The Labute approximate surface area is 139 Å². The van der Waals surface area contributed by atoms with Crippen LogP contribution in [0.25, 0.3) is 0 Å². The number of carbonyl (C=O) groups is 2. The predicted octanol–water partition coefficient (Wildman–Crippen LogP) is 4.06. The highest BCUT2D eigenvalue weighted by molar-refractivity contribution is 8.69. The second-order valence-corrected chi connectivity index (χ2v) is 9.88. The van der Waals surface area contributed by atoms with Gasteiger partial charge in [0.1, 0.15) is 5.78 Å². The van der Waals surface area contributed by atoms with Crippen molar-refractivity contribution in [3.63, 3.8) is 0 Å². The minimum atomic E-state index is -0.514. The third-order valence-electron chi connectivity index (χ3n) is 3.22. The molecule has 5 heteroatoms. The average Bonchev–Trinajstić information content (AvgIpc) is 2.30. The van der Waals surface area contributed by atoms with Crippen LogP contribution in [0.5, 0.6) is 0 Å². The van der Waals surface area contributed by atoms with E-state index >= 15 is 0 Å². The fourth-order valence-electron chi connectivity index (χ4n) is 1.94. The number of rotatable bonds is 7. The minimum absolute atomic E-state index is 0.130. The molecular formula is C16H31NO2S2. The molecule has 0 aliphatic heterocycles. The molecule has 0 aromatic rings. The Morgan fingerprint density at radius 1 is 1.05 bits per heavy atom. The van der Waals surface area contributed by atoms with E-state index in [4.69, 9.17) is 0 Å². The summed E-state index contributed by atoms with van der Waals surface area (Å²) in [6, 6.07) is -0.297. The van der Waals surface area contributed by atoms with Crippen molar-refractivity contribution in [3.8, 4) is 0 Å². The molecule has 0 bridgehead atoms. The van der Waals surface area contributed by atoms with Crippen LogP contribution >= 0.6 is 22.5 Å². The molecule has 0 radical (unpaired) electrons. The number of nitrogens with one attached hydrogen (secondary N) is 1. The van der Waals surface area contributed by atoms with Crippen molar-refractivity contribution in [2.45, 2.75) is 84.6 Å². The molecule has 0 saturated heterocycles. The second-order valence-electron chi connectivity index (χ2n) is 8.12. The standard InChI is InChI=1S/C16H31NO2S2/c1-14(2,3)13(19)11(17-15(4,5)6)9-10-12(18)16(7,8)21-20/h11,17,20H,9-10H2,1-8H3/t11-/m0/s1. The maximum Gasteiger partial charge on any atom is 0.155 e. The molecule has 1 N–H and O–H groups in total. The fourth-order valence-corrected chi connectivity index (χ4v) is 2.45. The summed E-state index contributed by atoms with van der Waals surface area (Å²) < 4.78 is -0.514. The Hall–Kier alpha value is -0.0000000000000000555. The lowest BCUT2D eigenvalue weighted by molar-refractivity contribution is -0.129. The second kappa shape index (κ2) is 7.51. The normalized spacial score (nSPS) is 14.9. The van der Waals surface area contributed by atoms with Crippen LogP contribution in [0.2, 0.25) is 0 Å². The maximum atomic E-state index is 12.6. The number of ketones is 2. The molecule has 1 atom stereocenters. The predicted molar refractivity (Wildman–Crippen MR) is 96.0 cm³/mol. The van der Waals surface area contributed by atoms with Crippen LogP contribution in [0.15, 0.2) is 0 Å². The summed E-state index contributed by atoms with van der Waals surface area (Å²) in [7, 11) is 1.25. The van der Waals surface area contributed by atoms with E-state index in [1.165, 1.54) is 10.8 Å². The van der Waals surface area contributed by atoms with Crippen LogP contribution in [-0.2, 0) is 9.59 Å². The monoisotopic (exact) mass is 333 g/mol. The van der Waals surface area contributed by atoms with Crippen molar-refractivity contribution in [2.24, 2.45) is 5.41 Å². The molecule has 0 saturated carbocycles. The summed E-state index contributed by atoms with van der Waals surface area (Å²) in [5, 5.41) is 3.36. The van der Waals surface area contributed by atoms with Gasteiger partial charge in [0.05, 0.1) is 10.8 Å². The zero-order valence-corrected chi connectivity index (χ0v) is 16.4. The molecule has 0 amide bonds. The van der Waals surface area contributed by atoms with Crippen LogP contribution in [0.1, 0.15) is 68.2 Å². The number of Topliss-reactive ketones (excluding diaryl/α,β-unsaturated/α-hetero) is 2. The van der Waals surface area contributed by atoms with Gasteiger partial charge in [-0.1, -0.05) is 31.6 Å². The minimum Gasteiger partial charge on any atom is -0.303 e. The van der Waals surface area contributed by atoms with Gasteiger partial charge < -0.3 is 5.32 Å². The summed E-state index contributed by atoms with van der Waals surface area (Å²) in [5.74, 6) is 0.284. The van der Waals surface area contributed by atoms with Gasteiger partial charge in [-0.15, -0.1) is 11.7 Å². The molecule has 0 aromatic carbocycles. The molecule has 0 spiro atoms. The van der Waals surface area contributed by atoms with E-state index in [9.17, 15) is 9.59 Å². The molecule has 3 nitrogen and oxygen atoms in total. The van der Waals surface area contributed by atoms with Gasteiger partial charge in [0.2, 0.25) is 0 Å². The summed E-state index contributed by atoms with van der Waals surface area (Å²) in [5.41, 5.74) is -0.581. The lowest BCUT2D eigenvalue weighted by atomic mass is 9.83. The first-order chi connectivity index (χ1) is 9.20. The van der Waals surface area contributed by atoms with E-state index in [-0.39, 0.29) is 23.1 Å². The van der Waals surface area contributed by atoms with E-state index in [1.54, 1.807) is 0 Å². The maximum absolute atomic E-state index is 12.6. The third kappa shape index (κ3) is 7.71. The van der Waals surface area contributed by atoms with Gasteiger partial charge in [0, 0.05) is 17.4 Å². The van der Waals surface area contributed by atoms with Crippen molar-refractivity contribution < 1.29 is 9.59 Å². The van der Waals surface area contributed by atoms with Crippen LogP contribution < -0.4 is 5.32 Å². The van der Waals surface area contributed by atoms with Gasteiger partial charge in [-0.2, -0.15) is 0 Å². The zero-order valence-electron chi connectivity index (χ0n) is 14.7. The van der Waals surface area contributed by atoms with Gasteiger partial charge in [-0.3, -0.25) is 9.59 Å². The van der Waals surface area contributed by atoms with Crippen molar-refractivity contribution in [3.05, 3.63) is 0 Å². The van der Waals surface area contributed by atoms with Crippen molar-refractivity contribution in [2.75, 3.05) is 0 Å². The van der Waals surface area contributed by atoms with E-state index < -0.39 is 10.2 Å². The van der Waals surface area contributed by atoms with Gasteiger partial charge >= 0.3 is 0 Å². The number of carbonyl (C=O) groups excluding carboxylic acids is 2. The SMILES string of the molecule is CC(C)(C)N[C@@H](CCC(=O)C(C)(C)SS)C(=O)C(C)(C)C. The van der Waals surface area contributed by atoms with E-state index in [0.29, 0.717) is 12.8 Å². The van der Waals surface area contributed by atoms with E-state index in [1.807, 2.05) is 55.4 Å². The summed E-state index contributed by atoms with van der Waals surface area (Å²) in [6.07, 6.45) is 0.917. The van der Waals surface area contributed by atoms with Crippen molar-refractivity contribution in [1.29, 1.82) is 0 Å². The highest BCUT2D eigenvalue weighted by Gasteiger charge is 2.34. The first kappa shape index (κ1) is 21.0. The molecule has 0 rings (SSSR count). The smallest absolute Gasteiger partial charge is 0.155 e. The van der Waals surface area contributed by atoms with Gasteiger partial charge in [-0.05, 0) is 41.0 Å². The van der Waals surface area contributed by atoms with Crippen LogP contribution in [0.3, 0.4) is 0 Å². The molecule has 0 fully saturated rings. The number of hydrogen-bond donors (Lipinski definition) is 2. The van der Waals surface area contributed by atoms with Crippen LogP contribution in [-0.4, -0.2) is 27.9 Å². The van der Waals surface area contributed by atoms with Gasteiger partial charge in [0.25, 0.3) is 0 Å². The first-order valence-corrected chi connectivity index (χ1v) is 9.25. The average molecular weight is 334 g/mol. The summed E-state index contributed by atoms with van der Waals surface area (Å²) in [4.78, 5) is 24.8. The first-order valence-electron chi connectivity index (χ1n) is 7.38. The molecule has 21 heavy (non-hydrogen) atoms. The third-order valence-corrected chi connectivity index (χ3v) is 5.28. The van der Waals surface area contributed by atoms with Crippen LogP contribution in [0.4, 0.5) is 0 Å². The number of hydrogen-bond acceptors (Lipinski definition) is 5. The highest BCUT2D eigenvalue weighted by atomic mass is 33.1. The molecule has 0 aromatic heterocycles. The lowest BCUT2D eigenvalue weighted by Crippen LogP contribution is -2.51. The zero-order chi connectivity index (χ0) is 17.1. The van der Waals surface area contributed by atoms with Crippen molar-refractivity contribution in [1.82, 2.24) is 5.32 Å². The molecule has 0 unspecified atom stereocenters. The molecular weight excluding hydrogens is 302 g/mol. The lowest BCUT2D eigenvalue weighted by Gasteiger charge is -2.32. The van der Waals surface area contributed by atoms with E-state index in [0.717, 1.165) is 0 Å². The Bertz CT molecular complexity index is 379. The summed E-state index contributed by atoms with van der Waals surface area (Å²) in [6.45, 7) is 15.6. The van der Waals surface area contributed by atoms with Gasteiger partial charge in [0.15, 0.2) is 5.78 Å². The Morgan fingerprint density at radius 2 is 1.52 bits per heavy atom. The molecule has 0 aliphatic rings. The van der Waals surface area contributed by atoms with Crippen molar-refractivity contribution >= 4 is 34.0 Å². The Morgan fingerprint density at radius 3 is 1.86 bits per heavy atom. The quantitative estimate of drug-likeness (QED) is 0.545. The highest BCUT2D eigenvalue weighted by Crippen LogP contribution is 2.30. The molecule has 0 aliphatic carbocycles. The van der Waals surface area contributed by atoms with Crippen LogP contribution in [0, 0.1) is 5.41 Å². The topological polar surface area (TPSA) is 46.2 Å². The largest absolute Gasteiger partial charge is 0.303 e. The van der Waals surface area contributed by atoms with E-state index in [2.05, 4.69) is 17.0 Å². The molecule has 0 heterocycles. The number of thiol groups is 1. The molecule has 124 valence electrons. The Kier molecular flexibility index (Phi) is 7.51. The van der Waals surface area contributed by atoms with Gasteiger partial charge in [-0.25, -0.2) is 0 Å². The fraction of sp³-hybridized carbons (Fsp3) is 0.875.